The number of benzene rings is 2. The molecule has 0 unspecified atom stereocenters. The van der Waals surface area contributed by atoms with E-state index >= 15 is 0 Å². The van der Waals surface area contributed by atoms with E-state index in [1.165, 1.54) is 0 Å². The second-order valence-corrected chi connectivity index (χ2v) is 7.44. The molecule has 30 heavy (non-hydrogen) atoms. The average Bonchev–Trinajstić information content (AvgIpc) is 2.76. The van der Waals surface area contributed by atoms with E-state index in [0.29, 0.717) is 36.7 Å². The normalized spacial score (nSPS) is 14.2. The Morgan fingerprint density at radius 2 is 1.57 bits per heavy atom. The van der Waals surface area contributed by atoms with Gasteiger partial charge in [-0.15, -0.1) is 0 Å². The zero-order valence-electron chi connectivity index (χ0n) is 17.7. The largest absolute Gasteiger partial charge is 0.379 e. The summed E-state index contributed by atoms with van der Waals surface area (Å²) in [6, 6.07) is 14.7. The number of anilines is 3. The van der Waals surface area contributed by atoms with Crippen molar-refractivity contribution in [1.82, 2.24) is 4.90 Å². The van der Waals surface area contributed by atoms with Crippen LogP contribution in [-0.4, -0.2) is 63.2 Å². The van der Waals surface area contributed by atoms with Crippen LogP contribution < -0.4 is 15.5 Å². The van der Waals surface area contributed by atoms with Crippen molar-refractivity contribution in [3.05, 3.63) is 54.1 Å². The first kappa shape index (κ1) is 21.8. The van der Waals surface area contributed by atoms with E-state index in [1.54, 1.807) is 24.3 Å². The molecule has 0 bridgehead atoms. The molecule has 2 aromatic rings. The molecule has 1 aliphatic heterocycles. The number of morpholine rings is 1. The van der Waals surface area contributed by atoms with Crippen LogP contribution in [0.2, 0.25) is 0 Å². The molecule has 0 radical (unpaired) electrons. The lowest BCUT2D eigenvalue weighted by Gasteiger charge is -2.25. The van der Waals surface area contributed by atoms with Crippen molar-refractivity contribution in [2.75, 3.05) is 62.0 Å². The van der Waals surface area contributed by atoms with Gasteiger partial charge < -0.3 is 20.3 Å². The van der Waals surface area contributed by atoms with Gasteiger partial charge in [-0.2, -0.15) is 0 Å². The lowest BCUT2D eigenvalue weighted by Crippen LogP contribution is -2.41. The van der Waals surface area contributed by atoms with Crippen LogP contribution >= 0.6 is 0 Å². The fourth-order valence-electron chi connectivity index (χ4n) is 3.33. The highest BCUT2D eigenvalue weighted by Gasteiger charge is 2.14. The van der Waals surface area contributed by atoms with E-state index in [1.807, 2.05) is 31.3 Å². The van der Waals surface area contributed by atoms with Crippen molar-refractivity contribution >= 4 is 28.9 Å². The first-order valence-electron chi connectivity index (χ1n) is 10.4. The fourth-order valence-corrected chi connectivity index (χ4v) is 3.33. The molecule has 1 saturated heterocycles. The SMILES string of the molecule is CCCN(C)c1ccc(C(=O)Nc2ccc(NC(=O)CN3CCOCC3)cc2)cc1. The Morgan fingerprint density at radius 3 is 2.17 bits per heavy atom. The van der Waals surface area contributed by atoms with Crippen molar-refractivity contribution in [2.24, 2.45) is 0 Å². The number of nitrogens with zero attached hydrogens (tertiary/aromatic N) is 2. The highest BCUT2D eigenvalue weighted by molar-refractivity contribution is 6.04. The second kappa shape index (κ2) is 10.8. The highest BCUT2D eigenvalue weighted by Crippen LogP contribution is 2.17. The molecule has 0 aromatic heterocycles. The van der Waals surface area contributed by atoms with E-state index in [0.717, 1.165) is 31.7 Å². The Kier molecular flexibility index (Phi) is 7.82. The molecule has 2 amide bonds. The van der Waals surface area contributed by atoms with E-state index in [-0.39, 0.29) is 11.8 Å². The summed E-state index contributed by atoms with van der Waals surface area (Å²) in [5.41, 5.74) is 3.07. The monoisotopic (exact) mass is 410 g/mol. The van der Waals surface area contributed by atoms with Gasteiger partial charge in [-0.3, -0.25) is 14.5 Å². The topological polar surface area (TPSA) is 73.9 Å². The molecule has 3 rings (SSSR count). The molecule has 0 spiro atoms. The molecule has 2 N–H and O–H groups in total. The van der Waals surface area contributed by atoms with Crippen LogP contribution in [0.4, 0.5) is 17.1 Å². The van der Waals surface area contributed by atoms with Crippen LogP contribution in [0, 0.1) is 0 Å². The molecular formula is C23H30N4O3. The van der Waals surface area contributed by atoms with Crippen molar-refractivity contribution < 1.29 is 14.3 Å². The van der Waals surface area contributed by atoms with Gasteiger partial charge >= 0.3 is 0 Å². The summed E-state index contributed by atoms with van der Waals surface area (Å²) in [6.45, 7) is 6.34. The van der Waals surface area contributed by atoms with Crippen molar-refractivity contribution in [3.63, 3.8) is 0 Å². The molecule has 1 fully saturated rings. The van der Waals surface area contributed by atoms with Gasteiger partial charge in [-0.05, 0) is 55.0 Å². The predicted octanol–water partition coefficient (Wildman–Crippen LogP) is 3.06. The lowest BCUT2D eigenvalue weighted by atomic mass is 10.1. The van der Waals surface area contributed by atoms with Crippen LogP contribution in [0.25, 0.3) is 0 Å². The van der Waals surface area contributed by atoms with Gasteiger partial charge in [0.2, 0.25) is 5.91 Å². The minimum atomic E-state index is -0.163. The number of amides is 2. The van der Waals surface area contributed by atoms with Crippen LogP contribution in [0.5, 0.6) is 0 Å². The first-order chi connectivity index (χ1) is 14.5. The molecule has 0 saturated carbocycles. The summed E-state index contributed by atoms with van der Waals surface area (Å²) in [5, 5.41) is 5.78. The number of hydrogen-bond acceptors (Lipinski definition) is 5. The average molecular weight is 411 g/mol. The number of carbonyl (C=O) groups is 2. The van der Waals surface area contributed by atoms with E-state index < -0.39 is 0 Å². The maximum absolute atomic E-state index is 12.5. The Labute approximate surface area is 178 Å². The van der Waals surface area contributed by atoms with Crippen molar-refractivity contribution in [3.8, 4) is 0 Å². The third kappa shape index (κ3) is 6.30. The van der Waals surface area contributed by atoms with Crippen LogP contribution in [-0.2, 0) is 9.53 Å². The molecule has 2 aromatic carbocycles. The molecule has 0 aliphatic carbocycles. The maximum Gasteiger partial charge on any atom is 0.255 e. The Morgan fingerprint density at radius 1 is 0.967 bits per heavy atom. The first-order valence-corrected chi connectivity index (χ1v) is 10.4. The van der Waals surface area contributed by atoms with E-state index in [9.17, 15) is 9.59 Å². The summed E-state index contributed by atoms with van der Waals surface area (Å²) < 4.78 is 5.29. The Hall–Kier alpha value is -2.90. The lowest BCUT2D eigenvalue weighted by molar-refractivity contribution is -0.118. The van der Waals surface area contributed by atoms with Gasteiger partial charge in [0.25, 0.3) is 5.91 Å². The smallest absolute Gasteiger partial charge is 0.255 e. The van der Waals surface area contributed by atoms with Crippen molar-refractivity contribution in [2.45, 2.75) is 13.3 Å². The summed E-state index contributed by atoms with van der Waals surface area (Å²) >= 11 is 0. The molecular weight excluding hydrogens is 380 g/mol. The number of ether oxygens (including phenoxy) is 1. The zero-order valence-corrected chi connectivity index (χ0v) is 17.7. The summed E-state index contributed by atoms with van der Waals surface area (Å²) in [7, 11) is 2.04. The van der Waals surface area contributed by atoms with E-state index in [4.69, 9.17) is 4.74 Å². The minimum Gasteiger partial charge on any atom is -0.379 e. The number of hydrogen-bond donors (Lipinski definition) is 2. The van der Waals surface area contributed by atoms with Gasteiger partial charge in [0.05, 0.1) is 19.8 Å². The van der Waals surface area contributed by atoms with Gasteiger partial charge in [0.15, 0.2) is 0 Å². The quantitative estimate of drug-likeness (QED) is 0.700. The van der Waals surface area contributed by atoms with Gasteiger partial charge in [0.1, 0.15) is 0 Å². The number of rotatable bonds is 8. The standard InChI is InChI=1S/C23H30N4O3/c1-3-12-26(2)21-10-4-18(5-11-21)23(29)25-20-8-6-19(7-9-20)24-22(28)17-27-13-15-30-16-14-27/h4-11H,3,12-17H2,1-2H3,(H,24,28)(H,25,29). The maximum atomic E-state index is 12.5. The van der Waals surface area contributed by atoms with Gasteiger partial charge in [-0.25, -0.2) is 0 Å². The summed E-state index contributed by atoms with van der Waals surface area (Å²) in [4.78, 5) is 28.9. The minimum absolute atomic E-state index is 0.0539. The van der Waals surface area contributed by atoms with Crippen molar-refractivity contribution in [1.29, 1.82) is 0 Å². The third-order valence-corrected chi connectivity index (χ3v) is 5.03. The zero-order chi connectivity index (χ0) is 21.3. The second-order valence-electron chi connectivity index (χ2n) is 7.44. The number of carbonyl (C=O) groups excluding carboxylic acids is 2. The molecule has 7 nitrogen and oxygen atoms in total. The molecule has 160 valence electrons. The highest BCUT2D eigenvalue weighted by atomic mass is 16.5. The summed E-state index contributed by atoms with van der Waals surface area (Å²) in [5.74, 6) is -0.217. The van der Waals surface area contributed by atoms with Crippen LogP contribution in [0.3, 0.4) is 0 Å². The molecule has 7 heteroatoms. The molecule has 0 atom stereocenters. The number of nitrogens with one attached hydrogen (secondary N) is 2. The van der Waals surface area contributed by atoms with Gasteiger partial charge in [-0.1, -0.05) is 6.92 Å². The van der Waals surface area contributed by atoms with Gasteiger partial charge in [0, 0.05) is 49.3 Å². The van der Waals surface area contributed by atoms with E-state index in [2.05, 4.69) is 27.4 Å². The Bertz CT molecular complexity index is 831. The molecule has 1 heterocycles. The third-order valence-electron chi connectivity index (χ3n) is 5.03. The predicted molar refractivity (Wildman–Crippen MR) is 120 cm³/mol. The fraction of sp³-hybridized carbons (Fsp3) is 0.391. The molecule has 1 aliphatic rings. The Balaban J connectivity index is 1.51. The van der Waals surface area contributed by atoms with Crippen LogP contribution in [0.1, 0.15) is 23.7 Å². The summed E-state index contributed by atoms with van der Waals surface area (Å²) in [6.07, 6.45) is 1.07. The van der Waals surface area contributed by atoms with Crippen LogP contribution in [0.15, 0.2) is 48.5 Å².